The molecule has 4 rings (SSSR count). The zero-order valence-electron chi connectivity index (χ0n) is 16.4. The lowest BCUT2D eigenvalue weighted by atomic mass is 10.1. The number of amides is 1. The van der Waals surface area contributed by atoms with Crippen molar-refractivity contribution in [2.24, 2.45) is 0 Å². The Morgan fingerprint density at radius 2 is 1.93 bits per heavy atom. The molecule has 4 nitrogen and oxygen atoms in total. The van der Waals surface area contributed by atoms with Crippen molar-refractivity contribution in [1.29, 1.82) is 0 Å². The molecule has 1 aromatic heterocycles. The Morgan fingerprint density at radius 1 is 1.19 bits per heavy atom. The van der Waals surface area contributed by atoms with E-state index in [4.69, 9.17) is 4.98 Å². The zero-order valence-corrected chi connectivity index (χ0v) is 17.2. The number of benzene rings is 1. The predicted octanol–water partition coefficient (Wildman–Crippen LogP) is 4.38. The number of carbonyl (C=O) groups excluding carboxylic acids is 1. The molecule has 1 aliphatic heterocycles. The van der Waals surface area contributed by atoms with E-state index < -0.39 is 0 Å². The van der Waals surface area contributed by atoms with Gasteiger partial charge in [-0.05, 0) is 37.8 Å². The Labute approximate surface area is 166 Å². The van der Waals surface area contributed by atoms with E-state index in [0.717, 1.165) is 59.8 Å². The van der Waals surface area contributed by atoms with Gasteiger partial charge in [-0.1, -0.05) is 38.0 Å². The number of hydrogen-bond acceptors (Lipinski definition) is 4. The summed E-state index contributed by atoms with van der Waals surface area (Å²) in [4.78, 5) is 23.2. The van der Waals surface area contributed by atoms with Gasteiger partial charge in [0.25, 0.3) is 5.91 Å². The van der Waals surface area contributed by atoms with Crippen LogP contribution in [0.3, 0.4) is 0 Å². The minimum atomic E-state index is 0.161. The first-order valence-electron chi connectivity index (χ1n) is 10.3. The molecule has 1 amide bonds. The fourth-order valence-corrected chi connectivity index (χ4v) is 5.38. The van der Waals surface area contributed by atoms with Crippen LogP contribution >= 0.6 is 11.3 Å². The summed E-state index contributed by atoms with van der Waals surface area (Å²) in [6.45, 7) is 7.83. The van der Waals surface area contributed by atoms with E-state index in [1.165, 1.54) is 31.2 Å². The Hall–Kier alpha value is -1.72. The molecule has 5 heteroatoms. The summed E-state index contributed by atoms with van der Waals surface area (Å²) < 4.78 is 0. The quantitative estimate of drug-likeness (QED) is 0.786. The lowest BCUT2D eigenvalue weighted by molar-refractivity contribution is 0.0577. The van der Waals surface area contributed by atoms with Gasteiger partial charge in [-0.2, -0.15) is 0 Å². The first kappa shape index (κ1) is 18.6. The highest BCUT2D eigenvalue weighted by molar-refractivity contribution is 7.17. The van der Waals surface area contributed by atoms with Crippen molar-refractivity contribution in [3.05, 3.63) is 40.4 Å². The molecular weight excluding hydrogens is 354 g/mol. The smallest absolute Gasteiger partial charge is 0.265 e. The second-order valence-corrected chi connectivity index (χ2v) is 8.75. The molecule has 2 aliphatic rings. The maximum atomic E-state index is 13.1. The second kappa shape index (κ2) is 8.11. The topological polar surface area (TPSA) is 36.4 Å². The van der Waals surface area contributed by atoms with Crippen molar-refractivity contribution in [3.8, 4) is 10.6 Å². The van der Waals surface area contributed by atoms with Crippen molar-refractivity contribution in [1.82, 2.24) is 14.8 Å². The first-order valence-corrected chi connectivity index (χ1v) is 11.1. The van der Waals surface area contributed by atoms with E-state index in [2.05, 4.69) is 36.1 Å². The van der Waals surface area contributed by atoms with Crippen molar-refractivity contribution >= 4 is 17.2 Å². The van der Waals surface area contributed by atoms with Gasteiger partial charge in [-0.25, -0.2) is 4.98 Å². The average Bonchev–Trinajstić information content (AvgIpc) is 3.38. The van der Waals surface area contributed by atoms with E-state index in [-0.39, 0.29) is 5.91 Å². The molecule has 0 radical (unpaired) electrons. The molecule has 27 heavy (non-hydrogen) atoms. The molecule has 0 bridgehead atoms. The molecular formula is C22H29N3OS. The van der Waals surface area contributed by atoms with Crippen molar-refractivity contribution < 1.29 is 4.79 Å². The molecule has 144 valence electrons. The van der Waals surface area contributed by atoms with Crippen molar-refractivity contribution in [2.75, 3.05) is 26.2 Å². The molecule has 2 fully saturated rings. The third-order valence-electron chi connectivity index (χ3n) is 6.02. The Bertz CT molecular complexity index is 802. The van der Waals surface area contributed by atoms with Crippen LogP contribution in [0.15, 0.2) is 24.3 Å². The van der Waals surface area contributed by atoms with Crippen LogP contribution in [-0.2, 0) is 6.42 Å². The molecule has 1 aromatic carbocycles. The first-order chi connectivity index (χ1) is 13.2. The second-order valence-electron chi connectivity index (χ2n) is 7.75. The summed E-state index contributed by atoms with van der Waals surface area (Å²) in [5, 5.41) is 0.954. The molecule has 2 aromatic rings. The number of rotatable bonds is 4. The number of aryl methyl sites for hydroxylation is 2. The largest absolute Gasteiger partial charge is 0.335 e. The van der Waals surface area contributed by atoms with Gasteiger partial charge in [0.15, 0.2) is 0 Å². The monoisotopic (exact) mass is 383 g/mol. The minimum absolute atomic E-state index is 0.161. The van der Waals surface area contributed by atoms with Crippen LogP contribution in [0.5, 0.6) is 0 Å². The van der Waals surface area contributed by atoms with Crippen LogP contribution in [0.1, 0.15) is 53.5 Å². The fraction of sp³-hybridized carbons (Fsp3) is 0.545. The number of aromatic nitrogens is 1. The summed E-state index contributed by atoms with van der Waals surface area (Å²) in [7, 11) is 0. The molecule has 2 heterocycles. The minimum Gasteiger partial charge on any atom is -0.335 e. The van der Waals surface area contributed by atoms with E-state index in [1.54, 1.807) is 11.3 Å². The van der Waals surface area contributed by atoms with Gasteiger partial charge >= 0.3 is 0 Å². The van der Waals surface area contributed by atoms with Crippen LogP contribution in [0, 0.1) is 6.92 Å². The van der Waals surface area contributed by atoms with E-state index in [9.17, 15) is 4.79 Å². The Kier molecular flexibility index (Phi) is 5.60. The highest BCUT2D eigenvalue weighted by atomic mass is 32.1. The van der Waals surface area contributed by atoms with Gasteiger partial charge in [0.2, 0.25) is 0 Å². The third kappa shape index (κ3) is 3.94. The van der Waals surface area contributed by atoms with Gasteiger partial charge in [-0.3, -0.25) is 9.69 Å². The summed E-state index contributed by atoms with van der Waals surface area (Å²) in [5.41, 5.74) is 3.28. The van der Waals surface area contributed by atoms with Crippen LogP contribution in [0.2, 0.25) is 0 Å². The fourth-order valence-electron chi connectivity index (χ4n) is 4.35. The van der Waals surface area contributed by atoms with Crippen LogP contribution in [-0.4, -0.2) is 52.9 Å². The highest BCUT2D eigenvalue weighted by Gasteiger charge is 2.29. The van der Waals surface area contributed by atoms with Crippen LogP contribution < -0.4 is 0 Å². The van der Waals surface area contributed by atoms with E-state index in [1.807, 2.05) is 11.8 Å². The number of carbonyl (C=O) groups is 1. The van der Waals surface area contributed by atoms with E-state index in [0.29, 0.717) is 0 Å². The molecule has 0 N–H and O–H groups in total. The molecule has 1 aliphatic carbocycles. The van der Waals surface area contributed by atoms with Gasteiger partial charge < -0.3 is 4.90 Å². The van der Waals surface area contributed by atoms with E-state index >= 15 is 0 Å². The lowest BCUT2D eigenvalue weighted by Gasteiger charge is -2.37. The SMILES string of the molecule is CCc1cccc(-c2nc(C)c(C(=O)N3CCN(C4CCCC4)CC3)s2)c1. The molecule has 0 unspecified atom stereocenters. The Morgan fingerprint density at radius 3 is 2.63 bits per heavy atom. The van der Waals surface area contributed by atoms with Gasteiger partial charge in [0.05, 0.1) is 5.69 Å². The summed E-state index contributed by atoms with van der Waals surface area (Å²) >= 11 is 1.54. The molecule has 1 saturated carbocycles. The zero-order chi connectivity index (χ0) is 18.8. The summed E-state index contributed by atoms with van der Waals surface area (Å²) in [6.07, 6.45) is 6.41. The number of thiazole rings is 1. The van der Waals surface area contributed by atoms with Gasteiger partial charge in [-0.15, -0.1) is 11.3 Å². The summed E-state index contributed by atoms with van der Waals surface area (Å²) in [5.74, 6) is 0.161. The average molecular weight is 384 g/mol. The number of piperazine rings is 1. The molecule has 1 saturated heterocycles. The summed E-state index contributed by atoms with van der Waals surface area (Å²) in [6, 6.07) is 9.25. The van der Waals surface area contributed by atoms with Crippen LogP contribution in [0.4, 0.5) is 0 Å². The number of hydrogen-bond donors (Lipinski definition) is 0. The van der Waals surface area contributed by atoms with Gasteiger partial charge in [0.1, 0.15) is 9.88 Å². The van der Waals surface area contributed by atoms with Gasteiger partial charge in [0, 0.05) is 37.8 Å². The van der Waals surface area contributed by atoms with Crippen molar-refractivity contribution in [3.63, 3.8) is 0 Å². The maximum Gasteiger partial charge on any atom is 0.265 e. The molecule has 0 spiro atoms. The lowest BCUT2D eigenvalue weighted by Crippen LogP contribution is -2.51. The molecule has 0 atom stereocenters. The maximum absolute atomic E-state index is 13.1. The van der Waals surface area contributed by atoms with Crippen molar-refractivity contribution in [2.45, 2.75) is 52.0 Å². The normalized spacial score (nSPS) is 19.0. The highest BCUT2D eigenvalue weighted by Crippen LogP contribution is 2.30. The third-order valence-corrected chi connectivity index (χ3v) is 7.21. The standard InChI is InChI=1S/C22H29N3OS/c1-3-17-7-6-8-18(15-17)21-23-16(2)20(27-21)22(26)25-13-11-24(12-14-25)19-9-4-5-10-19/h6-8,15,19H,3-5,9-14H2,1-2H3. The predicted molar refractivity (Wildman–Crippen MR) is 111 cm³/mol. The Balaban J connectivity index is 1.45. The van der Waals surface area contributed by atoms with Crippen LogP contribution in [0.25, 0.3) is 10.6 Å². The number of nitrogens with zero attached hydrogens (tertiary/aromatic N) is 3.